The van der Waals surface area contributed by atoms with Gasteiger partial charge in [0.2, 0.25) is 0 Å². The third-order valence-corrected chi connectivity index (χ3v) is 7.05. The minimum absolute atomic E-state index is 0.564. The van der Waals surface area contributed by atoms with Crippen LogP contribution in [0.2, 0.25) is 0 Å². The van der Waals surface area contributed by atoms with Crippen LogP contribution in [-0.2, 0) is 0 Å². The van der Waals surface area contributed by atoms with Crippen LogP contribution in [-0.4, -0.2) is 0 Å². The number of fused-ring (bicyclic) bond motifs is 6. The lowest BCUT2D eigenvalue weighted by molar-refractivity contribution is 0.671. The van der Waals surface area contributed by atoms with E-state index in [4.69, 9.17) is 30.5 Å². The van der Waals surface area contributed by atoms with E-state index in [-0.39, 0.29) is 0 Å². The molecular weight excluding hydrogens is 520 g/mol. The number of para-hydroxylation sites is 2. The summed E-state index contributed by atoms with van der Waals surface area (Å²) in [6.45, 7) is 0. The van der Waals surface area contributed by atoms with Crippen LogP contribution in [0.25, 0.3) is 87.6 Å². The van der Waals surface area contributed by atoms with Gasteiger partial charge in [-0.3, -0.25) is 0 Å². The standard InChI is InChI=1S/C42H26O/c1-2-14-28(15-3-1)39-31-18-6-8-20-33(31)40(34-21-9-7-19-32(34)39)38-26-12-25-37-36-24-11-23-35(41(36)43-42(37)38)30-22-10-16-27-13-4-5-17-29(27)30/h1-26H/i1D,2D,3D,4D,5D,6D,7D,8D,9D,10D,11D,12D,13D,14D,15D,16D,17D,18D,19D,20D,21D,22D,23D,24D,25D,26D. The molecule has 0 fully saturated rings. The van der Waals surface area contributed by atoms with E-state index in [0.717, 1.165) is 0 Å². The van der Waals surface area contributed by atoms with E-state index in [1.807, 2.05) is 0 Å². The molecule has 1 aromatic heterocycles. The van der Waals surface area contributed by atoms with Gasteiger partial charge in [-0.1, -0.05) is 157 Å². The third kappa shape index (κ3) is 3.58. The highest BCUT2D eigenvalue weighted by molar-refractivity contribution is 6.24. The summed E-state index contributed by atoms with van der Waals surface area (Å²) in [6, 6.07) is -23.6. The normalized spacial score (nSPS) is 20.2. The van der Waals surface area contributed by atoms with Gasteiger partial charge in [0.1, 0.15) is 11.2 Å². The molecule has 8 aromatic carbocycles. The minimum atomic E-state index is -0.984. The van der Waals surface area contributed by atoms with Gasteiger partial charge < -0.3 is 4.42 Å². The second-order valence-electron chi connectivity index (χ2n) is 9.26. The topological polar surface area (TPSA) is 13.1 Å². The van der Waals surface area contributed by atoms with E-state index in [2.05, 4.69) is 0 Å². The molecule has 0 saturated carbocycles. The van der Waals surface area contributed by atoms with Gasteiger partial charge in [-0.2, -0.15) is 0 Å². The van der Waals surface area contributed by atoms with Crippen LogP contribution in [0.15, 0.2) is 162 Å². The van der Waals surface area contributed by atoms with Gasteiger partial charge in [0.05, 0.1) is 35.6 Å². The van der Waals surface area contributed by atoms with Crippen molar-refractivity contribution in [1.29, 1.82) is 0 Å². The molecule has 200 valence electrons. The Bertz CT molecular complexity index is 3850. The summed E-state index contributed by atoms with van der Waals surface area (Å²) in [5.74, 6) is 0. The van der Waals surface area contributed by atoms with Gasteiger partial charge in [0, 0.05) is 27.5 Å². The minimum Gasteiger partial charge on any atom is -0.455 e. The maximum Gasteiger partial charge on any atom is 0.143 e. The zero-order chi connectivity index (χ0) is 51.0. The Hall–Kier alpha value is -5.66. The first-order chi connectivity index (χ1) is 32.2. The van der Waals surface area contributed by atoms with Crippen molar-refractivity contribution in [1.82, 2.24) is 0 Å². The van der Waals surface area contributed by atoms with Crippen LogP contribution in [0.5, 0.6) is 0 Å². The van der Waals surface area contributed by atoms with Crippen molar-refractivity contribution in [3.05, 3.63) is 157 Å². The molecule has 0 aliphatic carbocycles. The summed E-state index contributed by atoms with van der Waals surface area (Å²) < 4.78 is 238. The lowest BCUT2D eigenvalue weighted by Gasteiger charge is -2.17. The Balaban J connectivity index is 1.64. The third-order valence-electron chi connectivity index (χ3n) is 7.05. The van der Waals surface area contributed by atoms with Gasteiger partial charge in [0.25, 0.3) is 0 Å². The van der Waals surface area contributed by atoms with Crippen molar-refractivity contribution in [2.24, 2.45) is 0 Å². The predicted octanol–water partition coefficient (Wildman–Crippen LogP) is 12.0. The largest absolute Gasteiger partial charge is 0.455 e. The molecule has 0 saturated heterocycles. The molecule has 43 heavy (non-hydrogen) atoms. The second kappa shape index (κ2) is 9.44. The second-order valence-corrected chi connectivity index (χ2v) is 9.26. The first-order valence-corrected chi connectivity index (χ1v) is 12.7. The van der Waals surface area contributed by atoms with E-state index in [1.54, 1.807) is 0 Å². The molecule has 1 nitrogen and oxygen atoms in total. The van der Waals surface area contributed by atoms with Crippen LogP contribution < -0.4 is 0 Å². The smallest absolute Gasteiger partial charge is 0.143 e. The first kappa shape index (κ1) is 9.69. The van der Waals surface area contributed by atoms with Crippen molar-refractivity contribution < 1.29 is 40.1 Å². The Morgan fingerprint density at radius 1 is 0.326 bits per heavy atom. The van der Waals surface area contributed by atoms with Gasteiger partial charge in [-0.05, 0) is 49.0 Å². The van der Waals surface area contributed by atoms with Gasteiger partial charge in [-0.25, -0.2) is 0 Å². The molecule has 0 aliphatic rings. The van der Waals surface area contributed by atoms with Crippen LogP contribution in [0.1, 0.15) is 35.6 Å². The number of furan rings is 1. The summed E-state index contributed by atoms with van der Waals surface area (Å²) in [4.78, 5) is 0. The maximum atomic E-state index is 9.47. The van der Waals surface area contributed by atoms with Crippen molar-refractivity contribution in [2.45, 2.75) is 0 Å². The lowest BCUT2D eigenvalue weighted by atomic mass is 9.85. The fraction of sp³-hybridized carbons (Fsp3) is 0. The summed E-state index contributed by atoms with van der Waals surface area (Å²) in [5.41, 5.74) is -5.55. The summed E-state index contributed by atoms with van der Waals surface area (Å²) in [6.07, 6.45) is 0. The zero-order valence-electron chi connectivity index (χ0n) is 47.4. The molecule has 9 rings (SSSR count). The molecule has 0 radical (unpaired) electrons. The number of benzene rings is 8. The highest BCUT2D eigenvalue weighted by Crippen LogP contribution is 2.47. The molecule has 0 N–H and O–H groups in total. The summed E-state index contributed by atoms with van der Waals surface area (Å²) in [5, 5.41) is -5.03. The monoisotopic (exact) mass is 572 g/mol. The first-order valence-electron chi connectivity index (χ1n) is 25.7. The molecule has 0 bridgehead atoms. The molecule has 1 heteroatoms. The molecular formula is C42H26O. The lowest BCUT2D eigenvalue weighted by Crippen LogP contribution is -1.90. The van der Waals surface area contributed by atoms with Crippen molar-refractivity contribution in [3.8, 4) is 33.4 Å². The van der Waals surface area contributed by atoms with Crippen LogP contribution >= 0.6 is 0 Å². The van der Waals surface area contributed by atoms with E-state index >= 15 is 0 Å². The van der Waals surface area contributed by atoms with Crippen molar-refractivity contribution in [3.63, 3.8) is 0 Å². The fourth-order valence-electron chi connectivity index (χ4n) is 5.30. The SMILES string of the molecule is [2H]c1c([2H])c([2H])c(-c2c3c([2H])c([2H])c([2H])c([2H])c3c(-c3c([2H])c([2H])c([2H])c4c3oc3c(-c5c([2H])c([2H])c([2H])c6c([2H])c([2H])c([2H])c([2H])c56)c([2H])c([2H])c([2H])c34)c3c([2H])c([2H])c([2H])c([2H])c23)c([2H])c1[2H]. The summed E-state index contributed by atoms with van der Waals surface area (Å²) in [7, 11) is 0. The van der Waals surface area contributed by atoms with Gasteiger partial charge in [0.15, 0.2) is 0 Å². The fourth-order valence-corrected chi connectivity index (χ4v) is 5.30. The average Bonchev–Trinajstić information content (AvgIpc) is 3.71. The Morgan fingerprint density at radius 3 is 1.44 bits per heavy atom. The maximum absolute atomic E-state index is 9.47. The predicted molar refractivity (Wildman–Crippen MR) is 183 cm³/mol. The number of rotatable bonds is 3. The van der Waals surface area contributed by atoms with Crippen molar-refractivity contribution in [2.75, 3.05) is 0 Å². The molecule has 0 unspecified atom stereocenters. The number of hydrogen-bond donors (Lipinski definition) is 0. The highest BCUT2D eigenvalue weighted by atomic mass is 16.3. The van der Waals surface area contributed by atoms with Gasteiger partial charge in [-0.15, -0.1) is 0 Å². The van der Waals surface area contributed by atoms with E-state index in [1.165, 1.54) is 0 Å². The molecule has 0 spiro atoms. The van der Waals surface area contributed by atoms with E-state index < -0.39 is 245 Å². The molecule has 0 aliphatic heterocycles. The Morgan fingerprint density at radius 2 is 0.767 bits per heavy atom. The molecule has 0 amide bonds. The Kier molecular flexibility index (Phi) is 2.13. The quantitative estimate of drug-likeness (QED) is 0.192. The van der Waals surface area contributed by atoms with Crippen LogP contribution in [0.4, 0.5) is 0 Å². The molecule has 0 atom stereocenters. The summed E-state index contributed by atoms with van der Waals surface area (Å²) >= 11 is 0. The highest BCUT2D eigenvalue weighted by Gasteiger charge is 2.21. The number of hydrogen-bond acceptors (Lipinski definition) is 1. The molecule has 9 aromatic rings. The van der Waals surface area contributed by atoms with Gasteiger partial charge >= 0.3 is 0 Å². The zero-order valence-corrected chi connectivity index (χ0v) is 21.4. The van der Waals surface area contributed by atoms with Crippen molar-refractivity contribution >= 4 is 54.3 Å². The Labute approximate surface area is 285 Å². The molecule has 1 heterocycles. The van der Waals surface area contributed by atoms with Crippen LogP contribution in [0.3, 0.4) is 0 Å². The average molecular weight is 573 g/mol. The van der Waals surface area contributed by atoms with E-state index in [9.17, 15) is 9.60 Å². The van der Waals surface area contributed by atoms with E-state index in [0.29, 0.717) is 0 Å². The van der Waals surface area contributed by atoms with Crippen LogP contribution in [0, 0.1) is 0 Å².